The molecule has 0 unspecified atom stereocenters. The number of nitrogens with two attached hydrogens (primary N) is 1. The molecule has 0 aromatic heterocycles. The van der Waals surface area contributed by atoms with Gasteiger partial charge in [-0.2, -0.15) is 0 Å². The summed E-state index contributed by atoms with van der Waals surface area (Å²) in [5, 5.41) is 0. The minimum atomic E-state index is -0.503. The first kappa shape index (κ1) is 17.8. The number of carbonyl (C=O) groups is 2. The van der Waals surface area contributed by atoms with Crippen LogP contribution in [0.1, 0.15) is 47.0 Å². The summed E-state index contributed by atoms with van der Waals surface area (Å²) >= 11 is 0. The molecule has 2 atom stereocenters. The maximum absolute atomic E-state index is 12.1. The van der Waals surface area contributed by atoms with E-state index in [0.717, 1.165) is 12.8 Å². The van der Waals surface area contributed by atoms with Gasteiger partial charge < -0.3 is 20.1 Å². The van der Waals surface area contributed by atoms with Crippen LogP contribution in [0.25, 0.3) is 0 Å². The van der Waals surface area contributed by atoms with Gasteiger partial charge in [-0.25, -0.2) is 4.79 Å². The van der Waals surface area contributed by atoms with E-state index in [1.165, 1.54) is 0 Å². The molecular formula is C15H28N2O4. The molecule has 0 radical (unpaired) electrons. The highest BCUT2D eigenvalue weighted by atomic mass is 16.6. The summed E-state index contributed by atoms with van der Waals surface area (Å²) in [6, 6.07) is -0.283. The molecule has 1 aliphatic rings. The molecule has 1 fully saturated rings. The predicted molar refractivity (Wildman–Crippen MR) is 79.8 cm³/mol. The standard InChI is InChI=1S/C15H28N2O4/c1-5-20-13(18)9-12(16)11-7-6-8-17(10-11)14(19)21-15(2,3)4/h11-12H,5-10,16H2,1-4H3/t11-,12+/m1/s1. The summed E-state index contributed by atoms with van der Waals surface area (Å²) in [4.78, 5) is 25.3. The van der Waals surface area contributed by atoms with Gasteiger partial charge in [0, 0.05) is 19.1 Å². The van der Waals surface area contributed by atoms with E-state index in [1.54, 1.807) is 11.8 Å². The van der Waals surface area contributed by atoms with E-state index in [4.69, 9.17) is 15.2 Å². The highest BCUT2D eigenvalue weighted by Gasteiger charge is 2.31. The lowest BCUT2D eigenvalue weighted by atomic mass is 9.89. The predicted octanol–water partition coefficient (Wildman–Crippen LogP) is 1.91. The lowest BCUT2D eigenvalue weighted by Crippen LogP contribution is -2.48. The van der Waals surface area contributed by atoms with Crippen LogP contribution in [0.2, 0.25) is 0 Å². The van der Waals surface area contributed by atoms with Crippen LogP contribution in [-0.2, 0) is 14.3 Å². The first-order valence-electron chi connectivity index (χ1n) is 7.62. The van der Waals surface area contributed by atoms with Crippen molar-refractivity contribution in [2.45, 2.75) is 58.6 Å². The number of carbonyl (C=O) groups excluding carboxylic acids is 2. The number of esters is 1. The van der Waals surface area contributed by atoms with E-state index >= 15 is 0 Å². The third-order valence-electron chi connectivity index (χ3n) is 3.42. The maximum atomic E-state index is 12.1. The Labute approximate surface area is 126 Å². The Morgan fingerprint density at radius 2 is 2.05 bits per heavy atom. The summed E-state index contributed by atoms with van der Waals surface area (Å²) in [6.45, 7) is 8.89. The second-order valence-corrected chi connectivity index (χ2v) is 6.50. The molecule has 0 spiro atoms. The zero-order valence-corrected chi connectivity index (χ0v) is 13.6. The SMILES string of the molecule is CCOC(=O)C[C@H](N)[C@@H]1CCCN(C(=O)OC(C)(C)C)C1. The molecule has 1 heterocycles. The minimum Gasteiger partial charge on any atom is -0.466 e. The van der Waals surface area contributed by atoms with Gasteiger partial charge in [0.25, 0.3) is 0 Å². The molecule has 0 aromatic carbocycles. The average Bonchev–Trinajstić information content (AvgIpc) is 2.37. The molecule has 1 amide bonds. The molecule has 0 bridgehead atoms. The molecule has 1 saturated heterocycles. The van der Waals surface area contributed by atoms with Crippen LogP contribution in [0.15, 0.2) is 0 Å². The Balaban J connectivity index is 2.51. The fraction of sp³-hybridized carbons (Fsp3) is 0.867. The number of hydrogen-bond donors (Lipinski definition) is 1. The largest absolute Gasteiger partial charge is 0.466 e. The summed E-state index contributed by atoms with van der Waals surface area (Å²) < 4.78 is 10.3. The molecule has 1 aliphatic heterocycles. The van der Waals surface area contributed by atoms with E-state index < -0.39 is 5.60 Å². The van der Waals surface area contributed by atoms with Gasteiger partial charge in [0.15, 0.2) is 0 Å². The molecule has 0 saturated carbocycles. The van der Waals surface area contributed by atoms with E-state index in [-0.39, 0.29) is 30.4 Å². The van der Waals surface area contributed by atoms with Gasteiger partial charge in [-0.1, -0.05) is 0 Å². The topological polar surface area (TPSA) is 81.9 Å². The Bertz CT molecular complexity index is 365. The fourth-order valence-corrected chi connectivity index (χ4v) is 2.43. The molecule has 0 aliphatic carbocycles. The van der Waals surface area contributed by atoms with Gasteiger partial charge >= 0.3 is 12.1 Å². The van der Waals surface area contributed by atoms with Crippen LogP contribution in [0.4, 0.5) is 4.79 Å². The number of piperidine rings is 1. The average molecular weight is 300 g/mol. The molecule has 1 rings (SSSR count). The normalized spacial score (nSPS) is 20.8. The van der Waals surface area contributed by atoms with E-state index in [9.17, 15) is 9.59 Å². The van der Waals surface area contributed by atoms with E-state index in [0.29, 0.717) is 19.7 Å². The molecule has 6 heteroatoms. The van der Waals surface area contributed by atoms with E-state index in [2.05, 4.69) is 0 Å². The smallest absolute Gasteiger partial charge is 0.410 e. The van der Waals surface area contributed by atoms with E-state index in [1.807, 2.05) is 20.8 Å². The molecule has 0 aromatic rings. The Morgan fingerprint density at radius 3 is 2.62 bits per heavy atom. The fourth-order valence-electron chi connectivity index (χ4n) is 2.43. The monoisotopic (exact) mass is 300 g/mol. The number of nitrogens with zero attached hydrogens (tertiary/aromatic N) is 1. The molecular weight excluding hydrogens is 272 g/mol. The summed E-state index contributed by atoms with van der Waals surface area (Å²) in [7, 11) is 0. The Morgan fingerprint density at radius 1 is 1.38 bits per heavy atom. The number of amides is 1. The van der Waals surface area contributed by atoms with Crippen molar-refractivity contribution >= 4 is 12.1 Å². The van der Waals surface area contributed by atoms with Crippen molar-refractivity contribution in [3.8, 4) is 0 Å². The molecule has 6 nitrogen and oxygen atoms in total. The number of hydrogen-bond acceptors (Lipinski definition) is 5. The van der Waals surface area contributed by atoms with Gasteiger partial charge in [-0.05, 0) is 46.5 Å². The molecule has 21 heavy (non-hydrogen) atoms. The Kier molecular flexibility index (Phi) is 6.45. The van der Waals surface area contributed by atoms with Crippen molar-refractivity contribution in [3.63, 3.8) is 0 Å². The van der Waals surface area contributed by atoms with Gasteiger partial charge in [0.1, 0.15) is 5.60 Å². The summed E-state index contributed by atoms with van der Waals surface area (Å²) in [5.74, 6) is -0.171. The molecule has 2 N–H and O–H groups in total. The van der Waals surface area contributed by atoms with Crippen LogP contribution in [-0.4, -0.2) is 48.3 Å². The number of ether oxygens (including phenoxy) is 2. The summed E-state index contributed by atoms with van der Waals surface area (Å²) in [5.41, 5.74) is 5.59. The first-order valence-corrected chi connectivity index (χ1v) is 7.62. The van der Waals surface area contributed by atoms with Gasteiger partial charge in [0.05, 0.1) is 13.0 Å². The van der Waals surface area contributed by atoms with Gasteiger partial charge in [-0.15, -0.1) is 0 Å². The van der Waals surface area contributed by atoms with Gasteiger partial charge in [-0.3, -0.25) is 4.79 Å². The van der Waals surface area contributed by atoms with Crippen molar-refractivity contribution in [2.75, 3.05) is 19.7 Å². The lowest BCUT2D eigenvalue weighted by Gasteiger charge is -2.36. The second kappa shape index (κ2) is 7.64. The number of rotatable bonds is 4. The van der Waals surface area contributed by atoms with Crippen LogP contribution in [0.3, 0.4) is 0 Å². The van der Waals surface area contributed by atoms with Crippen molar-refractivity contribution in [1.82, 2.24) is 4.90 Å². The van der Waals surface area contributed by atoms with Crippen LogP contribution >= 0.6 is 0 Å². The number of likely N-dealkylation sites (tertiary alicyclic amines) is 1. The van der Waals surface area contributed by atoms with Crippen LogP contribution in [0, 0.1) is 5.92 Å². The van der Waals surface area contributed by atoms with Crippen molar-refractivity contribution < 1.29 is 19.1 Å². The maximum Gasteiger partial charge on any atom is 0.410 e. The minimum absolute atomic E-state index is 0.107. The highest BCUT2D eigenvalue weighted by Crippen LogP contribution is 2.22. The highest BCUT2D eigenvalue weighted by molar-refractivity contribution is 5.70. The zero-order valence-electron chi connectivity index (χ0n) is 13.6. The van der Waals surface area contributed by atoms with Crippen molar-refractivity contribution in [2.24, 2.45) is 11.7 Å². The van der Waals surface area contributed by atoms with Gasteiger partial charge in [0.2, 0.25) is 0 Å². The lowest BCUT2D eigenvalue weighted by molar-refractivity contribution is -0.143. The molecule has 122 valence electrons. The third kappa shape index (κ3) is 6.33. The van der Waals surface area contributed by atoms with Crippen molar-refractivity contribution in [3.05, 3.63) is 0 Å². The van der Waals surface area contributed by atoms with Crippen LogP contribution in [0.5, 0.6) is 0 Å². The quantitative estimate of drug-likeness (QED) is 0.802. The summed E-state index contributed by atoms with van der Waals surface area (Å²) in [6.07, 6.45) is 1.68. The second-order valence-electron chi connectivity index (χ2n) is 6.50. The first-order chi connectivity index (χ1) is 9.73. The zero-order chi connectivity index (χ0) is 16.0. The third-order valence-corrected chi connectivity index (χ3v) is 3.42. The van der Waals surface area contributed by atoms with Crippen molar-refractivity contribution in [1.29, 1.82) is 0 Å². The Hall–Kier alpha value is -1.30. The van der Waals surface area contributed by atoms with Crippen LogP contribution < -0.4 is 5.73 Å².